The second-order valence-electron chi connectivity index (χ2n) is 8.73. The average molecular weight is 457 g/mol. The van der Waals surface area contributed by atoms with Crippen molar-refractivity contribution in [2.45, 2.75) is 25.8 Å². The molecule has 3 aromatic carbocycles. The summed E-state index contributed by atoms with van der Waals surface area (Å²) >= 11 is 0. The van der Waals surface area contributed by atoms with Gasteiger partial charge in [-0.3, -0.25) is 9.59 Å². The zero-order chi connectivity index (χ0) is 23.5. The minimum Gasteiger partial charge on any atom is -0.486 e. The number of ether oxygens (including phenoxy) is 2. The summed E-state index contributed by atoms with van der Waals surface area (Å²) in [6.07, 6.45) is 1.98. The van der Waals surface area contributed by atoms with Crippen molar-refractivity contribution >= 4 is 11.8 Å². The molecule has 174 valence electrons. The number of hydrogen-bond donors (Lipinski definition) is 1. The van der Waals surface area contributed by atoms with Crippen LogP contribution in [0.3, 0.4) is 0 Å². The Labute approximate surface area is 199 Å². The third-order valence-electron chi connectivity index (χ3n) is 6.22. The molecule has 1 heterocycles. The van der Waals surface area contributed by atoms with Gasteiger partial charge < -0.3 is 19.7 Å². The number of rotatable bonds is 7. The van der Waals surface area contributed by atoms with E-state index in [4.69, 9.17) is 9.47 Å². The van der Waals surface area contributed by atoms with Crippen molar-refractivity contribution in [3.63, 3.8) is 0 Å². The number of benzene rings is 3. The highest BCUT2D eigenvalue weighted by atomic mass is 16.6. The van der Waals surface area contributed by atoms with Gasteiger partial charge in [-0.25, -0.2) is 0 Å². The minimum atomic E-state index is -0.231. The third-order valence-corrected chi connectivity index (χ3v) is 6.22. The molecule has 5 rings (SSSR count). The zero-order valence-corrected chi connectivity index (χ0v) is 19.3. The van der Waals surface area contributed by atoms with Crippen molar-refractivity contribution < 1.29 is 19.1 Å². The van der Waals surface area contributed by atoms with Crippen LogP contribution in [0, 0.1) is 6.92 Å². The summed E-state index contributed by atoms with van der Waals surface area (Å²) in [7, 11) is 0. The summed E-state index contributed by atoms with van der Waals surface area (Å²) in [5.74, 6) is 0.835. The van der Waals surface area contributed by atoms with E-state index in [0.717, 1.165) is 24.0 Å². The molecule has 0 bridgehead atoms. The van der Waals surface area contributed by atoms with E-state index in [0.29, 0.717) is 48.9 Å². The first-order chi connectivity index (χ1) is 16.6. The quantitative estimate of drug-likeness (QED) is 0.570. The van der Waals surface area contributed by atoms with Gasteiger partial charge in [0.05, 0.1) is 5.56 Å². The Bertz CT molecular complexity index is 1200. The first kappa shape index (κ1) is 22.0. The van der Waals surface area contributed by atoms with E-state index in [1.54, 1.807) is 18.2 Å². The smallest absolute Gasteiger partial charge is 0.255 e. The third kappa shape index (κ3) is 4.62. The van der Waals surface area contributed by atoms with Crippen molar-refractivity contribution in [2.75, 3.05) is 26.3 Å². The van der Waals surface area contributed by atoms with Crippen LogP contribution in [0.25, 0.3) is 11.1 Å². The average Bonchev–Trinajstić information content (AvgIpc) is 3.71. The Hall–Kier alpha value is -3.80. The molecule has 0 radical (unpaired) electrons. The number of carbonyl (C=O) groups is 2. The van der Waals surface area contributed by atoms with Crippen LogP contribution in [-0.2, 0) is 0 Å². The molecule has 0 spiro atoms. The van der Waals surface area contributed by atoms with Gasteiger partial charge in [0.1, 0.15) is 13.2 Å². The highest BCUT2D eigenvalue weighted by Crippen LogP contribution is 2.34. The number of carbonyl (C=O) groups excluding carboxylic acids is 2. The number of amides is 2. The lowest BCUT2D eigenvalue weighted by Gasteiger charge is -2.24. The molecule has 3 aromatic rings. The standard InChI is InChI=1S/C28H28N2O4/c1-19-9-11-20(12-10-19)22-5-2-3-6-23(22)28(32)30(21-13-14-21)16-15-29-27(31)24-7-4-8-25-26(24)34-18-17-33-25/h2-12,21H,13-18H2,1H3,(H,29,31). The molecular weight excluding hydrogens is 428 g/mol. The summed E-state index contributed by atoms with van der Waals surface area (Å²) in [6, 6.07) is 21.5. The van der Waals surface area contributed by atoms with Gasteiger partial charge in [0.15, 0.2) is 11.5 Å². The fourth-order valence-electron chi connectivity index (χ4n) is 4.28. The molecule has 1 aliphatic heterocycles. The number of para-hydroxylation sites is 1. The maximum absolute atomic E-state index is 13.6. The molecule has 0 aromatic heterocycles. The molecule has 0 atom stereocenters. The van der Waals surface area contributed by atoms with Crippen LogP contribution in [0.15, 0.2) is 66.7 Å². The first-order valence-electron chi connectivity index (χ1n) is 11.8. The van der Waals surface area contributed by atoms with Crippen LogP contribution in [0.5, 0.6) is 11.5 Å². The fraction of sp³-hybridized carbons (Fsp3) is 0.286. The van der Waals surface area contributed by atoms with E-state index in [2.05, 4.69) is 29.6 Å². The lowest BCUT2D eigenvalue weighted by Crippen LogP contribution is -2.40. The van der Waals surface area contributed by atoms with Crippen LogP contribution >= 0.6 is 0 Å². The second kappa shape index (κ2) is 9.59. The topological polar surface area (TPSA) is 67.9 Å². The van der Waals surface area contributed by atoms with Gasteiger partial charge in [-0.05, 0) is 49.1 Å². The second-order valence-corrected chi connectivity index (χ2v) is 8.73. The van der Waals surface area contributed by atoms with E-state index in [-0.39, 0.29) is 17.9 Å². The van der Waals surface area contributed by atoms with Crippen LogP contribution in [-0.4, -0.2) is 49.1 Å². The lowest BCUT2D eigenvalue weighted by atomic mass is 9.98. The number of fused-ring (bicyclic) bond motifs is 1. The Balaban J connectivity index is 1.29. The van der Waals surface area contributed by atoms with E-state index in [1.165, 1.54) is 5.56 Å². The van der Waals surface area contributed by atoms with Gasteiger partial charge >= 0.3 is 0 Å². The summed E-state index contributed by atoms with van der Waals surface area (Å²) in [4.78, 5) is 28.3. The zero-order valence-electron chi connectivity index (χ0n) is 19.3. The molecule has 6 heteroatoms. The highest BCUT2D eigenvalue weighted by molar-refractivity contribution is 6.01. The minimum absolute atomic E-state index is 0.00162. The lowest BCUT2D eigenvalue weighted by molar-refractivity contribution is 0.0736. The molecule has 1 saturated carbocycles. The van der Waals surface area contributed by atoms with Crippen LogP contribution in [0.4, 0.5) is 0 Å². The predicted octanol–water partition coefficient (Wildman–Crippen LogP) is 4.47. The van der Waals surface area contributed by atoms with Crippen molar-refractivity contribution in [1.29, 1.82) is 0 Å². The molecule has 34 heavy (non-hydrogen) atoms. The largest absolute Gasteiger partial charge is 0.486 e. The van der Waals surface area contributed by atoms with Crippen molar-refractivity contribution in [2.24, 2.45) is 0 Å². The summed E-state index contributed by atoms with van der Waals surface area (Å²) < 4.78 is 11.2. The van der Waals surface area contributed by atoms with E-state index >= 15 is 0 Å². The SMILES string of the molecule is Cc1ccc(-c2ccccc2C(=O)N(CCNC(=O)c2cccc3c2OCCO3)C2CC2)cc1. The molecule has 0 saturated heterocycles. The van der Waals surface area contributed by atoms with Gasteiger partial charge in [0.2, 0.25) is 0 Å². The van der Waals surface area contributed by atoms with Gasteiger partial charge in [0.25, 0.3) is 11.8 Å². The summed E-state index contributed by atoms with van der Waals surface area (Å²) in [5, 5.41) is 2.95. The molecule has 1 aliphatic carbocycles. The summed E-state index contributed by atoms with van der Waals surface area (Å²) in [6.45, 7) is 3.75. The first-order valence-corrected chi connectivity index (χ1v) is 11.8. The summed E-state index contributed by atoms with van der Waals surface area (Å²) in [5.41, 5.74) is 4.27. The molecule has 2 aliphatic rings. The monoisotopic (exact) mass is 456 g/mol. The van der Waals surface area contributed by atoms with Crippen molar-refractivity contribution in [3.05, 3.63) is 83.4 Å². The van der Waals surface area contributed by atoms with Crippen molar-refractivity contribution in [1.82, 2.24) is 10.2 Å². The number of aryl methyl sites for hydroxylation is 1. The molecular formula is C28H28N2O4. The fourth-order valence-corrected chi connectivity index (χ4v) is 4.28. The predicted molar refractivity (Wildman–Crippen MR) is 130 cm³/mol. The van der Waals surface area contributed by atoms with Crippen LogP contribution in [0.2, 0.25) is 0 Å². The van der Waals surface area contributed by atoms with Crippen molar-refractivity contribution in [3.8, 4) is 22.6 Å². The maximum atomic E-state index is 13.6. The number of nitrogens with zero attached hydrogens (tertiary/aromatic N) is 1. The highest BCUT2D eigenvalue weighted by Gasteiger charge is 2.33. The molecule has 1 fully saturated rings. The van der Waals surface area contributed by atoms with E-state index in [9.17, 15) is 9.59 Å². The normalized spacial score (nSPS) is 14.4. The molecule has 1 N–H and O–H groups in total. The number of nitrogens with one attached hydrogen (secondary N) is 1. The molecule has 0 unspecified atom stereocenters. The van der Waals surface area contributed by atoms with Gasteiger partial charge in [-0.15, -0.1) is 0 Å². The van der Waals surface area contributed by atoms with Gasteiger partial charge in [-0.2, -0.15) is 0 Å². The Kier molecular flexibility index (Phi) is 6.21. The Morgan fingerprint density at radius 3 is 2.44 bits per heavy atom. The maximum Gasteiger partial charge on any atom is 0.255 e. The van der Waals surface area contributed by atoms with Gasteiger partial charge in [0, 0.05) is 24.7 Å². The molecule has 2 amide bonds. The Morgan fingerprint density at radius 2 is 1.65 bits per heavy atom. The van der Waals surface area contributed by atoms with E-state index in [1.807, 2.05) is 36.1 Å². The number of hydrogen-bond acceptors (Lipinski definition) is 4. The van der Waals surface area contributed by atoms with E-state index < -0.39 is 0 Å². The van der Waals surface area contributed by atoms with Crippen LogP contribution in [0.1, 0.15) is 39.1 Å². The van der Waals surface area contributed by atoms with Crippen LogP contribution < -0.4 is 14.8 Å². The molecule has 6 nitrogen and oxygen atoms in total. The Morgan fingerprint density at radius 1 is 0.912 bits per heavy atom. The van der Waals surface area contributed by atoms with Gasteiger partial charge in [-0.1, -0.05) is 54.1 Å².